The number of rotatable bonds is 6. The van der Waals surface area contributed by atoms with E-state index < -0.39 is 10.0 Å². The minimum absolute atomic E-state index is 0.145. The smallest absolute Gasteiger partial charge is 0.251 e. The van der Waals surface area contributed by atoms with Crippen molar-refractivity contribution in [3.05, 3.63) is 29.8 Å². The van der Waals surface area contributed by atoms with Gasteiger partial charge in [-0.05, 0) is 38.0 Å². The number of ether oxygens (including phenoxy) is 1. The van der Waals surface area contributed by atoms with Crippen molar-refractivity contribution < 1.29 is 17.9 Å². The third-order valence-electron chi connectivity index (χ3n) is 4.68. The van der Waals surface area contributed by atoms with Gasteiger partial charge in [-0.25, -0.2) is 8.42 Å². The van der Waals surface area contributed by atoms with Gasteiger partial charge in [0.2, 0.25) is 10.0 Å². The third kappa shape index (κ3) is 4.15. The van der Waals surface area contributed by atoms with Crippen molar-refractivity contribution in [1.29, 1.82) is 0 Å². The molecule has 1 saturated heterocycles. The van der Waals surface area contributed by atoms with Crippen molar-refractivity contribution in [2.45, 2.75) is 44.0 Å². The van der Waals surface area contributed by atoms with Crippen LogP contribution in [0, 0.1) is 0 Å². The fourth-order valence-corrected chi connectivity index (χ4v) is 3.96. The highest BCUT2D eigenvalue weighted by Crippen LogP contribution is 2.20. The van der Waals surface area contributed by atoms with E-state index >= 15 is 0 Å². The van der Waals surface area contributed by atoms with Gasteiger partial charge in [0.15, 0.2) is 0 Å². The molecule has 0 saturated carbocycles. The van der Waals surface area contributed by atoms with E-state index in [0.29, 0.717) is 31.9 Å². The highest BCUT2D eigenvalue weighted by Gasteiger charge is 2.28. The Morgan fingerprint density at radius 2 is 1.88 bits per heavy atom. The van der Waals surface area contributed by atoms with Gasteiger partial charge in [0.25, 0.3) is 5.91 Å². The molecule has 0 bridgehead atoms. The first-order valence-electron chi connectivity index (χ1n) is 8.33. The van der Waals surface area contributed by atoms with Crippen LogP contribution in [0.5, 0.6) is 0 Å². The summed E-state index contributed by atoms with van der Waals surface area (Å²) in [6, 6.07) is 6.23. The maximum Gasteiger partial charge on any atom is 0.251 e. The summed E-state index contributed by atoms with van der Waals surface area (Å²) in [5.41, 5.74) is 0.0633. The van der Waals surface area contributed by atoms with Crippen LogP contribution in [0.25, 0.3) is 0 Å². The summed E-state index contributed by atoms with van der Waals surface area (Å²) in [7, 11) is -3.60. The topological polar surface area (TPSA) is 75.7 Å². The molecule has 7 heteroatoms. The van der Waals surface area contributed by atoms with Gasteiger partial charge >= 0.3 is 0 Å². The normalized spacial score (nSPS) is 16.8. The molecule has 0 aliphatic carbocycles. The van der Waals surface area contributed by atoms with E-state index in [4.69, 9.17) is 4.74 Å². The Labute approximate surface area is 144 Å². The first kappa shape index (κ1) is 18.9. The molecule has 1 N–H and O–H groups in total. The first-order valence-corrected chi connectivity index (χ1v) is 9.77. The second-order valence-electron chi connectivity index (χ2n) is 6.27. The lowest BCUT2D eigenvalue weighted by Gasteiger charge is -2.28. The fraction of sp³-hybridized carbons (Fsp3) is 0.588. The highest BCUT2D eigenvalue weighted by molar-refractivity contribution is 7.89. The summed E-state index contributed by atoms with van der Waals surface area (Å²) in [4.78, 5) is 12.6. The molecule has 2 rings (SSSR count). The summed E-state index contributed by atoms with van der Waals surface area (Å²) in [5, 5.41) is 3.00. The van der Waals surface area contributed by atoms with Gasteiger partial charge < -0.3 is 10.1 Å². The molecule has 1 aromatic carbocycles. The van der Waals surface area contributed by atoms with E-state index in [9.17, 15) is 13.2 Å². The molecule has 0 spiro atoms. The molecule has 6 nitrogen and oxygen atoms in total. The van der Waals surface area contributed by atoms with Crippen LogP contribution in [0.1, 0.15) is 44.0 Å². The molecule has 134 valence electrons. The van der Waals surface area contributed by atoms with E-state index in [0.717, 1.165) is 12.8 Å². The van der Waals surface area contributed by atoms with Crippen molar-refractivity contribution in [2.75, 3.05) is 26.3 Å². The Bertz CT molecular complexity index is 678. The van der Waals surface area contributed by atoms with E-state index in [-0.39, 0.29) is 16.3 Å². The molecule has 1 aromatic rings. The van der Waals surface area contributed by atoms with E-state index in [1.807, 2.05) is 20.8 Å². The number of sulfonamides is 1. The van der Waals surface area contributed by atoms with Crippen LogP contribution < -0.4 is 5.32 Å². The lowest BCUT2D eigenvalue weighted by molar-refractivity contribution is 0.0730. The maximum atomic E-state index is 12.7. The zero-order chi connectivity index (χ0) is 17.8. The van der Waals surface area contributed by atoms with Gasteiger partial charge in [-0.2, -0.15) is 4.31 Å². The monoisotopic (exact) mass is 354 g/mol. The Balaban J connectivity index is 2.23. The Morgan fingerprint density at radius 3 is 2.46 bits per heavy atom. The summed E-state index contributed by atoms with van der Waals surface area (Å²) < 4.78 is 32.0. The van der Waals surface area contributed by atoms with Gasteiger partial charge in [0.05, 0.1) is 18.1 Å². The molecule has 0 aromatic heterocycles. The van der Waals surface area contributed by atoms with Crippen LogP contribution in [0.4, 0.5) is 0 Å². The second kappa shape index (κ2) is 7.63. The fourth-order valence-electron chi connectivity index (χ4n) is 2.51. The number of carbonyl (C=O) groups excluding carboxylic acids is 1. The molecule has 1 fully saturated rings. The summed E-state index contributed by atoms with van der Waals surface area (Å²) in [6.45, 7) is 7.48. The molecule has 1 aliphatic rings. The SMILES string of the molecule is CCC(C)(CC)NC(=O)c1cccc(S(=O)(=O)N2CCOCC2)c1. The van der Waals surface area contributed by atoms with Crippen molar-refractivity contribution in [2.24, 2.45) is 0 Å². The van der Waals surface area contributed by atoms with Crippen molar-refractivity contribution in [1.82, 2.24) is 9.62 Å². The van der Waals surface area contributed by atoms with Gasteiger partial charge in [0, 0.05) is 24.2 Å². The predicted molar refractivity (Wildman–Crippen MR) is 92.5 cm³/mol. The Kier molecular flexibility index (Phi) is 6.01. The minimum atomic E-state index is -3.60. The summed E-state index contributed by atoms with van der Waals surface area (Å²) in [5.74, 6) is -0.250. The molecule has 1 heterocycles. The Hall–Kier alpha value is -1.44. The molecular formula is C17H26N2O4S. The van der Waals surface area contributed by atoms with E-state index in [1.54, 1.807) is 12.1 Å². The van der Waals surface area contributed by atoms with Crippen LogP contribution in [0.3, 0.4) is 0 Å². The number of nitrogens with one attached hydrogen (secondary N) is 1. The quantitative estimate of drug-likeness (QED) is 0.848. The average Bonchev–Trinajstić information content (AvgIpc) is 2.62. The summed E-state index contributed by atoms with van der Waals surface area (Å²) in [6.07, 6.45) is 1.61. The van der Waals surface area contributed by atoms with Gasteiger partial charge in [-0.1, -0.05) is 19.9 Å². The minimum Gasteiger partial charge on any atom is -0.379 e. The molecule has 0 unspecified atom stereocenters. The number of benzene rings is 1. The molecular weight excluding hydrogens is 328 g/mol. The zero-order valence-corrected chi connectivity index (χ0v) is 15.4. The molecule has 1 aliphatic heterocycles. The molecule has 24 heavy (non-hydrogen) atoms. The lowest BCUT2D eigenvalue weighted by atomic mass is 9.95. The van der Waals surface area contributed by atoms with Crippen LogP contribution in [0.15, 0.2) is 29.2 Å². The number of amides is 1. The number of hydrogen-bond acceptors (Lipinski definition) is 4. The number of carbonyl (C=O) groups is 1. The van der Waals surface area contributed by atoms with Crippen molar-refractivity contribution in [3.8, 4) is 0 Å². The molecule has 0 radical (unpaired) electrons. The summed E-state index contributed by atoms with van der Waals surface area (Å²) >= 11 is 0. The lowest BCUT2D eigenvalue weighted by Crippen LogP contribution is -2.45. The van der Waals surface area contributed by atoms with Crippen molar-refractivity contribution >= 4 is 15.9 Å². The van der Waals surface area contributed by atoms with E-state index in [2.05, 4.69) is 5.32 Å². The van der Waals surface area contributed by atoms with E-state index in [1.165, 1.54) is 16.4 Å². The number of morpholine rings is 1. The van der Waals surface area contributed by atoms with Crippen LogP contribution >= 0.6 is 0 Å². The van der Waals surface area contributed by atoms with Gasteiger partial charge in [-0.15, -0.1) is 0 Å². The largest absolute Gasteiger partial charge is 0.379 e. The van der Waals surface area contributed by atoms with Gasteiger partial charge in [-0.3, -0.25) is 4.79 Å². The number of hydrogen-bond donors (Lipinski definition) is 1. The van der Waals surface area contributed by atoms with Crippen molar-refractivity contribution in [3.63, 3.8) is 0 Å². The first-order chi connectivity index (χ1) is 11.3. The molecule has 1 amide bonds. The zero-order valence-electron chi connectivity index (χ0n) is 14.5. The third-order valence-corrected chi connectivity index (χ3v) is 6.57. The van der Waals surface area contributed by atoms with Crippen LogP contribution in [-0.4, -0.2) is 50.5 Å². The van der Waals surface area contributed by atoms with Gasteiger partial charge in [0.1, 0.15) is 0 Å². The predicted octanol–water partition coefficient (Wildman–Crippen LogP) is 2.02. The number of nitrogens with zero attached hydrogens (tertiary/aromatic N) is 1. The maximum absolute atomic E-state index is 12.7. The van der Waals surface area contributed by atoms with Crippen LogP contribution in [0.2, 0.25) is 0 Å². The second-order valence-corrected chi connectivity index (χ2v) is 8.20. The highest BCUT2D eigenvalue weighted by atomic mass is 32.2. The average molecular weight is 354 g/mol. The van der Waals surface area contributed by atoms with Crippen LogP contribution in [-0.2, 0) is 14.8 Å². The Morgan fingerprint density at radius 1 is 1.25 bits per heavy atom. The standard InChI is InChI=1S/C17H26N2O4S/c1-4-17(3,5-2)18-16(20)14-7-6-8-15(13-14)24(21,22)19-9-11-23-12-10-19/h6-8,13H,4-5,9-12H2,1-3H3,(H,18,20). The molecule has 0 atom stereocenters.